The average molecular weight is 250 g/mol. The molecule has 1 amide bonds. The van der Waals surface area contributed by atoms with Crippen LogP contribution in [-0.2, 0) is 4.79 Å². The molecule has 0 heterocycles. The summed E-state index contributed by atoms with van der Waals surface area (Å²) in [5.41, 5.74) is 6.30. The number of hydrogen-bond donors (Lipinski definition) is 2. The molecule has 0 atom stereocenters. The van der Waals surface area contributed by atoms with Gasteiger partial charge in [-0.05, 0) is 37.5 Å². The first-order valence-corrected chi connectivity index (χ1v) is 6.35. The molecule has 3 nitrogen and oxygen atoms in total. The zero-order chi connectivity index (χ0) is 13.2. The molecular weight excluding hydrogens is 231 g/mol. The van der Waals surface area contributed by atoms with Crippen molar-refractivity contribution in [1.82, 2.24) is 0 Å². The van der Waals surface area contributed by atoms with E-state index in [1.807, 2.05) is 6.92 Å². The van der Waals surface area contributed by atoms with E-state index in [2.05, 4.69) is 5.32 Å². The molecule has 1 saturated carbocycles. The van der Waals surface area contributed by atoms with Gasteiger partial charge in [0.2, 0.25) is 5.91 Å². The normalized spacial score (nSPS) is 17.7. The second-order valence-electron chi connectivity index (χ2n) is 5.13. The maximum atomic E-state index is 13.7. The van der Waals surface area contributed by atoms with Crippen molar-refractivity contribution < 1.29 is 9.18 Å². The molecule has 0 aromatic heterocycles. The molecule has 4 heteroatoms. The van der Waals surface area contributed by atoms with Crippen LogP contribution in [0.3, 0.4) is 0 Å². The summed E-state index contributed by atoms with van der Waals surface area (Å²) in [5.74, 6) is -0.543. The van der Waals surface area contributed by atoms with Crippen LogP contribution in [0.25, 0.3) is 0 Å². The van der Waals surface area contributed by atoms with Crippen LogP contribution in [0, 0.1) is 18.2 Å². The summed E-state index contributed by atoms with van der Waals surface area (Å²) in [6, 6.07) is 4.80. The maximum absolute atomic E-state index is 13.7. The highest BCUT2D eigenvalue weighted by Crippen LogP contribution is 2.38. The van der Waals surface area contributed by atoms with Gasteiger partial charge in [-0.25, -0.2) is 4.39 Å². The SMILES string of the molecule is Cc1ccc(NC(=O)C2(CN)CCCC2)c(F)c1. The third-order valence-electron chi connectivity index (χ3n) is 3.81. The fourth-order valence-electron chi connectivity index (χ4n) is 2.55. The molecule has 0 bridgehead atoms. The Hall–Kier alpha value is -1.42. The van der Waals surface area contributed by atoms with Gasteiger partial charge in [0, 0.05) is 6.54 Å². The minimum atomic E-state index is -0.503. The van der Waals surface area contributed by atoms with E-state index in [0.29, 0.717) is 6.54 Å². The van der Waals surface area contributed by atoms with E-state index in [1.165, 1.54) is 6.07 Å². The molecule has 18 heavy (non-hydrogen) atoms. The largest absolute Gasteiger partial charge is 0.329 e. The summed E-state index contributed by atoms with van der Waals surface area (Å²) >= 11 is 0. The van der Waals surface area contributed by atoms with Crippen LogP contribution in [0.4, 0.5) is 10.1 Å². The van der Waals surface area contributed by atoms with Crippen molar-refractivity contribution in [3.63, 3.8) is 0 Å². The fourth-order valence-corrected chi connectivity index (χ4v) is 2.55. The Labute approximate surface area is 107 Å². The first kappa shape index (κ1) is 13.0. The number of nitrogens with one attached hydrogen (secondary N) is 1. The second kappa shape index (κ2) is 5.06. The number of rotatable bonds is 3. The molecule has 1 aliphatic rings. The predicted octanol–water partition coefficient (Wildman–Crippen LogP) is 2.59. The molecule has 1 fully saturated rings. The van der Waals surface area contributed by atoms with E-state index in [-0.39, 0.29) is 11.6 Å². The molecule has 1 aromatic carbocycles. The number of carbonyl (C=O) groups excluding carboxylic acids is 1. The second-order valence-corrected chi connectivity index (χ2v) is 5.13. The van der Waals surface area contributed by atoms with Crippen LogP contribution in [-0.4, -0.2) is 12.5 Å². The molecule has 1 aliphatic carbocycles. The molecule has 0 aliphatic heterocycles. The summed E-state index contributed by atoms with van der Waals surface area (Å²) in [4.78, 5) is 12.2. The molecule has 1 aromatic rings. The van der Waals surface area contributed by atoms with Gasteiger partial charge < -0.3 is 11.1 Å². The van der Waals surface area contributed by atoms with Crippen molar-refractivity contribution >= 4 is 11.6 Å². The van der Waals surface area contributed by atoms with Gasteiger partial charge in [-0.15, -0.1) is 0 Å². The van der Waals surface area contributed by atoms with E-state index < -0.39 is 11.2 Å². The Bertz CT molecular complexity index is 453. The van der Waals surface area contributed by atoms with E-state index >= 15 is 0 Å². The monoisotopic (exact) mass is 250 g/mol. The quantitative estimate of drug-likeness (QED) is 0.866. The van der Waals surface area contributed by atoms with Crippen molar-refractivity contribution in [1.29, 1.82) is 0 Å². The minimum Gasteiger partial charge on any atom is -0.329 e. The van der Waals surface area contributed by atoms with Gasteiger partial charge in [-0.3, -0.25) is 4.79 Å². The third-order valence-corrected chi connectivity index (χ3v) is 3.81. The molecule has 0 radical (unpaired) electrons. The van der Waals surface area contributed by atoms with Crippen LogP contribution < -0.4 is 11.1 Å². The van der Waals surface area contributed by atoms with Gasteiger partial charge in [0.05, 0.1) is 11.1 Å². The zero-order valence-corrected chi connectivity index (χ0v) is 10.6. The predicted molar refractivity (Wildman–Crippen MR) is 69.7 cm³/mol. The highest BCUT2D eigenvalue weighted by atomic mass is 19.1. The Morgan fingerprint density at radius 2 is 2.11 bits per heavy atom. The van der Waals surface area contributed by atoms with Crippen LogP contribution in [0.2, 0.25) is 0 Å². The smallest absolute Gasteiger partial charge is 0.231 e. The highest BCUT2D eigenvalue weighted by Gasteiger charge is 2.39. The number of carbonyl (C=O) groups is 1. The lowest BCUT2D eigenvalue weighted by atomic mass is 9.85. The van der Waals surface area contributed by atoms with Crippen LogP contribution in [0.5, 0.6) is 0 Å². The summed E-state index contributed by atoms with van der Waals surface area (Å²) in [6.07, 6.45) is 3.62. The fraction of sp³-hybridized carbons (Fsp3) is 0.500. The maximum Gasteiger partial charge on any atom is 0.231 e. The molecule has 0 unspecified atom stereocenters. The van der Waals surface area contributed by atoms with Gasteiger partial charge in [-0.1, -0.05) is 18.9 Å². The number of halogens is 1. The zero-order valence-electron chi connectivity index (χ0n) is 10.6. The Morgan fingerprint density at radius 3 is 2.67 bits per heavy atom. The molecule has 98 valence electrons. The van der Waals surface area contributed by atoms with Crippen molar-refractivity contribution in [2.45, 2.75) is 32.6 Å². The van der Waals surface area contributed by atoms with Gasteiger partial charge in [0.25, 0.3) is 0 Å². The summed E-state index contributed by atoms with van der Waals surface area (Å²) in [5, 5.41) is 2.68. The number of benzene rings is 1. The standard InChI is InChI=1S/C14H19FN2O/c1-10-4-5-12(11(15)8-10)17-13(18)14(9-16)6-2-3-7-14/h4-5,8H,2-3,6-7,9,16H2,1H3,(H,17,18). The van der Waals surface area contributed by atoms with E-state index in [0.717, 1.165) is 31.2 Å². The minimum absolute atomic E-state index is 0.148. The summed E-state index contributed by atoms with van der Waals surface area (Å²) in [7, 11) is 0. The first-order valence-electron chi connectivity index (χ1n) is 6.35. The van der Waals surface area contributed by atoms with E-state index in [1.54, 1.807) is 12.1 Å². The molecule has 0 saturated heterocycles. The van der Waals surface area contributed by atoms with E-state index in [9.17, 15) is 9.18 Å². The third kappa shape index (κ3) is 2.38. The number of nitrogens with two attached hydrogens (primary N) is 1. The highest BCUT2D eigenvalue weighted by molar-refractivity contribution is 5.95. The van der Waals surface area contributed by atoms with Gasteiger partial charge in [-0.2, -0.15) is 0 Å². The first-order chi connectivity index (χ1) is 8.57. The summed E-state index contributed by atoms with van der Waals surface area (Å²) in [6.45, 7) is 2.14. The van der Waals surface area contributed by atoms with Crippen LogP contribution >= 0.6 is 0 Å². The lowest BCUT2D eigenvalue weighted by molar-refractivity contribution is -0.124. The van der Waals surface area contributed by atoms with Crippen molar-refractivity contribution in [2.24, 2.45) is 11.1 Å². The van der Waals surface area contributed by atoms with Crippen LogP contribution in [0.1, 0.15) is 31.2 Å². The van der Waals surface area contributed by atoms with Crippen molar-refractivity contribution in [2.75, 3.05) is 11.9 Å². The van der Waals surface area contributed by atoms with E-state index in [4.69, 9.17) is 5.73 Å². The summed E-state index contributed by atoms with van der Waals surface area (Å²) < 4.78 is 13.7. The van der Waals surface area contributed by atoms with Crippen molar-refractivity contribution in [3.05, 3.63) is 29.6 Å². The topological polar surface area (TPSA) is 55.1 Å². The van der Waals surface area contributed by atoms with Gasteiger partial charge >= 0.3 is 0 Å². The van der Waals surface area contributed by atoms with Gasteiger partial charge in [0.1, 0.15) is 5.82 Å². The Morgan fingerprint density at radius 1 is 1.44 bits per heavy atom. The van der Waals surface area contributed by atoms with Gasteiger partial charge in [0.15, 0.2) is 0 Å². The molecule has 2 rings (SSSR count). The number of amides is 1. The Balaban J connectivity index is 2.15. The number of hydrogen-bond acceptors (Lipinski definition) is 2. The van der Waals surface area contributed by atoms with Crippen LogP contribution in [0.15, 0.2) is 18.2 Å². The number of aryl methyl sites for hydroxylation is 1. The lowest BCUT2D eigenvalue weighted by Crippen LogP contribution is -2.40. The average Bonchev–Trinajstić information content (AvgIpc) is 2.82. The number of anilines is 1. The van der Waals surface area contributed by atoms with Crippen molar-refractivity contribution in [3.8, 4) is 0 Å². The molecule has 0 spiro atoms. The molecular formula is C14H19FN2O. The Kier molecular flexibility index (Phi) is 3.66. The molecule has 3 N–H and O–H groups in total. The lowest BCUT2D eigenvalue weighted by Gasteiger charge is -2.25.